The summed E-state index contributed by atoms with van der Waals surface area (Å²) in [6.07, 6.45) is 6.58. The van der Waals surface area contributed by atoms with Gasteiger partial charge in [-0.15, -0.1) is 24.0 Å². The quantitative estimate of drug-likeness (QED) is 0.355. The molecule has 5 nitrogen and oxygen atoms in total. The van der Waals surface area contributed by atoms with Gasteiger partial charge in [0.2, 0.25) is 0 Å². The van der Waals surface area contributed by atoms with Gasteiger partial charge in [-0.1, -0.05) is 36.2 Å². The first-order valence-corrected chi connectivity index (χ1v) is 10.6. The second-order valence-electron chi connectivity index (χ2n) is 7.89. The summed E-state index contributed by atoms with van der Waals surface area (Å²) in [4.78, 5) is 6.95. The lowest BCUT2D eigenvalue weighted by molar-refractivity contribution is -0.0265. The molecule has 2 unspecified atom stereocenters. The highest BCUT2D eigenvalue weighted by Crippen LogP contribution is 2.33. The van der Waals surface area contributed by atoms with Crippen LogP contribution in [0.5, 0.6) is 0 Å². The van der Waals surface area contributed by atoms with E-state index in [2.05, 4.69) is 51.7 Å². The molecule has 0 amide bonds. The van der Waals surface area contributed by atoms with Gasteiger partial charge >= 0.3 is 0 Å². The average Bonchev–Trinajstić information content (AvgIpc) is 2.72. The van der Waals surface area contributed by atoms with Crippen molar-refractivity contribution >= 4 is 29.9 Å². The minimum absolute atomic E-state index is 0. The van der Waals surface area contributed by atoms with Crippen molar-refractivity contribution in [3.63, 3.8) is 0 Å². The summed E-state index contributed by atoms with van der Waals surface area (Å²) in [6.45, 7) is 8.40. The van der Waals surface area contributed by atoms with Gasteiger partial charge in [-0.3, -0.25) is 4.99 Å². The van der Waals surface area contributed by atoms with Crippen LogP contribution in [0.2, 0.25) is 0 Å². The molecule has 2 heterocycles. The van der Waals surface area contributed by atoms with E-state index in [4.69, 9.17) is 4.74 Å². The van der Waals surface area contributed by atoms with E-state index < -0.39 is 0 Å². The van der Waals surface area contributed by atoms with Gasteiger partial charge in [0.15, 0.2) is 5.96 Å². The van der Waals surface area contributed by atoms with Crippen LogP contribution in [-0.4, -0.2) is 57.2 Å². The molecule has 28 heavy (non-hydrogen) atoms. The van der Waals surface area contributed by atoms with Crippen molar-refractivity contribution in [2.45, 2.75) is 45.1 Å². The number of aliphatic imine (C=N–C) groups is 1. The van der Waals surface area contributed by atoms with E-state index in [-0.39, 0.29) is 30.1 Å². The fourth-order valence-electron chi connectivity index (χ4n) is 4.14. The van der Waals surface area contributed by atoms with Crippen molar-refractivity contribution < 1.29 is 4.74 Å². The summed E-state index contributed by atoms with van der Waals surface area (Å²) >= 11 is 0. The van der Waals surface area contributed by atoms with Crippen LogP contribution in [0.15, 0.2) is 29.3 Å². The summed E-state index contributed by atoms with van der Waals surface area (Å²) in [5, 5.41) is 7.00. The van der Waals surface area contributed by atoms with Gasteiger partial charge in [0.1, 0.15) is 0 Å². The number of guanidine groups is 1. The molecule has 0 spiro atoms. The molecule has 3 rings (SSSR count). The van der Waals surface area contributed by atoms with Crippen LogP contribution in [0.1, 0.15) is 49.3 Å². The van der Waals surface area contributed by atoms with E-state index in [1.807, 2.05) is 7.05 Å². The van der Waals surface area contributed by atoms with Crippen LogP contribution in [0.3, 0.4) is 0 Å². The number of nitrogens with zero attached hydrogens (tertiary/aromatic N) is 2. The number of aryl methyl sites for hydroxylation is 1. The second kappa shape index (κ2) is 12.6. The molecule has 0 saturated carbocycles. The van der Waals surface area contributed by atoms with Crippen LogP contribution in [0, 0.1) is 12.8 Å². The third-order valence-corrected chi connectivity index (χ3v) is 5.78. The minimum Gasteiger partial charge on any atom is -0.373 e. The van der Waals surface area contributed by atoms with Gasteiger partial charge in [-0.25, -0.2) is 0 Å². The van der Waals surface area contributed by atoms with E-state index in [9.17, 15) is 0 Å². The molecule has 0 aromatic heterocycles. The number of likely N-dealkylation sites (tertiary alicyclic amines) is 1. The van der Waals surface area contributed by atoms with Crippen LogP contribution in [-0.2, 0) is 4.74 Å². The Balaban J connectivity index is 0.00000280. The number of ether oxygens (including phenoxy) is 1. The zero-order valence-electron chi connectivity index (χ0n) is 17.5. The number of nitrogens with one attached hydrogen (secondary N) is 2. The molecule has 2 atom stereocenters. The van der Waals surface area contributed by atoms with Crippen LogP contribution >= 0.6 is 24.0 Å². The predicted molar refractivity (Wildman–Crippen MR) is 128 cm³/mol. The molecular weight excluding hydrogens is 463 g/mol. The van der Waals surface area contributed by atoms with Crippen molar-refractivity contribution in [2.24, 2.45) is 10.9 Å². The van der Waals surface area contributed by atoms with Gasteiger partial charge < -0.3 is 20.3 Å². The fraction of sp³-hybridized carbons (Fsp3) is 0.682. The molecule has 1 aromatic rings. The topological polar surface area (TPSA) is 48.9 Å². The first kappa shape index (κ1) is 23.4. The summed E-state index contributed by atoms with van der Waals surface area (Å²) in [6, 6.07) is 8.78. The highest BCUT2D eigenvalue weighted by atomic mass is 127. The van der Waals surface area contributed by atoms with Crippen LogP contribution in [0.25, 0.3) is 0 Å². The number of benzene rings is 1. The Morgan fingerprint density at radius 1 is 1.11 bits per heavy atom. The minimum atomic E-state index is 0. The molecule has 2 fully saturated rings. The molecule has 6 heteroatoms. The van der Waals surface area contributed by atoms with Crippen LogP contribution < -0.4 is 10.6 Å². The molecule has 0 radical (unpaired) electrons. The molecule has 0 bridgehead atoms. The van der Waals surface area contributed by atoms with Crippen molar-refractivity contribution in [1.82, 2.24) is 15.5 Å². The standard InChI is InChI=1S/C22H36N4O.HI/c1-18-8-10-19(11-9-18)21-20(7-6-16-27-21)17-25-22(23-2)24-12-15-26-13-4-3-5-14-26;/h8-11,20-21H,3-7,12-17H2,1-2H3,(H2,23,24,25);1H. The Morgan fingerprint density at radius 3 is 2.57 bits per heavy atom. The van der Waals surface area contributed by atoms with Crippen molar-refractivity contribution in [2.75, 3.05) is 46.4 Å². The molecule has 158 valence electrons. The lowest BCUT2D eigenvalue weighted by Gasteiger charge is -2.33. The smallest absolute Gasteiger partial charge is 0.191 e. The third kappa shape index (κ3) is 7.19. The number of hydrogen-bond acceptors (Lipinski definition) is 3. The summed E-state index contributed by atoms with van der Waals surface area (Å²) < 4.78 is 6.14. The van der Waals surface area contributed by atoms with Crippen LogP contribution in [0.4, 0.5) is 0 Å². The first-order valence-electron chi connectivity index (χ1n) is 10.6. The average molecular weight is 500 g/mol. The second-order valence-corrected chi connectivity index (χ2v) is 7.89. The lowest BCUT2D eigenvalue weighted by atomic mass is 9.89. The zero-order valence-corrected chi connectivity index (χ0v) is 19.8. The first-order chi connectivity index (χ1) is 13.3. The largest absolute Gasteiger partial charge is 0.373 e. The maximum absolute atomic E-state index is 6.14. The van der Waals surface area contributed by atoms with Gasteiger partial charge in [0.05, 0.1) is 6.10 Å². The van der Waals surface area contributed by atoms with E-state index >= 15 is 0 Å². The monoisotopic (exact) mass is 500 g/mol. The maximum atomic E-state index is 6.14. The molecule has 2 aliphatic heterocycles. The normalized spacial score (nSPS) is 23.7. The summed E-state index contributed by atoms with van der Waals surface area (Å²) in [7, 11) is 1.85. The number of halogens is 1. The lowest BCUT2D eigenvalue weighted by Crippen LogP contribution is -2.45. The van der Waals surface area contributed by atoms with Crippen molar-refractivity contribution in [3.8, 4) is 0 Å². The van der Waals surface area contributed by atoms with E-state index in [0.717, 1.165) is 38.6 Å². The van der Waals surface area contributed by atoms with Crippen molar-refractivity contribution in [1.29, 1.82) is 0 Å². The van der Waals surface area contributed by atoms with E-state index in [1.54, 1.807) is 0 Å². The SMILES string of the molecule is CN=C(NCCN1CCCCC1)NCC1CCCOC1c1ccc(C)cc1.I. The molecular formula is C22H37IN4O. The van der Waals surface area contributed by atoms with Gasteiger partial charge in [-0.05, 0) is 51.3 Å². The number of hydrogen-bond donors (Lipinski definition) is 2. The highest BCUT2D eigenvalue weighted by Gasteiger charge is 2.27. The summed E-state index contributed by atoms with van der Waals surface area (Å²) in [5.41, 5.74) is 2.59. The third-order valence-electron chi connectivity index (χ3n) is 5.78. The maximum Gasteiger partial charge on any atom is 0.191 e. The molecule has 0 aliphatic carbocycles. The number of piperidine rings is 1. The highest BCUT2D eigenvalue weighted by molar-refractivity contribution is 14.0. The number of rotatable bonds is 6. The zero-order chi connectivity index (χ0) is 18.9. The molecule has 2 saturated heterocycles. The summed E-state index contributed by atoms with van der Waals surface area (Å²) in [5.74, 6) is 1.38. The van der Waals surface area contributed by atoms with E-state index in [0.29, 0.717) is 5.92 Å². The Labute approximate surface area is 187 Å². The molecule has 1 aromatic carbocycles. The Kier molecular flexibility index (Phi) is 10.6. The molecule has 2 aliphatic rings. The van der Waals surface area contributed by atoms with Gasteiger partial charge in [-0.2, -0.15) is 0 Å². The van der Waals surface area contributed by atoms with E-state index in [1.165, 1.54) is 49.9 Å². The molecule has 2 N–H and O–H groups in total. The Hall–Kier alpha value is -0.860. The predicted octanol–water partition coefficient (Wildman–Crippen LogP) is 3.73. The Morgan fingerprint density at radius 2 is 1.86 bits per heavy atom. The van der Waals surface area contributed by atoms with Crippen molar-refractivity contribution in [3.05, 3.63) is 35.4 Å². The van der Waals surface area contributed by atoms with Gasteiger partial charge in [0, 0.05) is 39.2 Å². The Bertz CT molecular complexity index is 587. The fourth-order valence-corrected chi connectivity index (χ4v) is 4.14. The van der Waals surface area contributed by atoms with Gasteiger partial charge in [0.25, 0.3) is 0 Å².